The number of pyridine rings is 1. The van der Waals surface area contributed by atoms with E-state index >= 15 is 8.78 Å². The minimum Gasteiger partial charge on any atom is -0.247 e. The lowest BCUT2D eigenvalue weighted by Crippen LogP contribution is -2.04. The van der Waals surface area contributed by atoms with E-state index in [1.807, 2.05) is 54.6 Å². The fourth-order valence-electron chi connectivity index (χ4n) is 5.34. The Labute approximate surface area is 244 Å². The van der Waals surface area contributed by atoms with Gasteiger partial charge in [0.15, 0.2) is 23.3 Å². The summed E-state index contributed by atoms with van der Waals surface area (Å²) in [5.74, 6) is -6.99. The van der Waals surface area contributed by atoms with Crippen molar-refractivity contribution >= 4 is 44.4 Å². The second-order valence-corrected chi connectivity index (χ2v) is 10.2. The van der Waals surface area contributed by atoms with E-state index in [9.17, 15) is 14.0 Å². The monoisotopic (exact) mass is 587 g/mol. The van der Waals surface area contributed by atoms with Gasteiger partial charge in [0.1, 0.15) is 22.7 Å². The van der Waals surface area contributed by atoms with Gasteiger partial charge in [-0.15, -0.1) is 0 Å². The Morgan fingerprint density at radius 1 is 0.628 bits per heavy atom. The molecule has 2 aromatic heterocycles. The average Bonchev–Trinajstić information content (AvgIpc) is 3.54. The molecule has 5 aromatic carbocycles. The van der Waals surface area contributed by atoms with Crippen LogP contribution in [0.15, 0.2) is 78.9 Å². The van der Waals surface area contributed by atoms with E-state index in [0.717, 1.165) is 22.9 Å². The lowest BCUT2D eigenvalue weighted by Gasteiger charge is -2.15. The highest BCUT2D eigenvalue weighted by Crippen LogP contribution is 2.43. The molecular weight excluding hydrogens is 574 g/mol. The van der Waals surface area contributed by atoms with Gasteiger partial charge in [-0.1, -0.05) is 54.6 Å². The molecule has 0 saturated carbocycles. The van der Waals surface area contributed by atoms with Gasteiger partial charge in [-0.3, -0.25) is 0 Å². The van der Waals surface area contributed by atoms with Gasteiger partial charge in [-0.25, -0.2) is 22.5 Å². The number of fused-ring (bicyclic) bond motifs is 5. The fourth-order valence-corrected chi connectivity index (χ4v) is 5.90. The van der Waals surface area contributed by atoms with Crippen molar-refractivity contribution < 1.29 is 17.6 Å². The summed E-state index contributed by atoms with van der Waals surface area (Å²) >= 11 is 0.783. The van der Waals surface area contributed by atoms with Crippen LogP contribution in [0.5, 0.6) is 0 Å². The Hall–Kier alpha value is -5.71. The second kappa shape index (κ2) is 9.98. The summed E-state index contributed by atoms with van der Waals surface area (Å²) in [7, 11) is 0. The first-order valence-electron chi connectivity index (χ1n) is 12.8. The average molecular weight is 588 g/mol. The second-order valence-electron chi connectivity index (χ2n) is 9.68. The lowest BCUT2D eigenvalue weighted by molar-refractivity contribution is 0.454. The van der Waals surface area contributed by atoms with Crippen LogP contribution in [-0.4, -0.2) is 13.7 Å². The molecule has 0 spiro atoms. The van der Waals surface area contributed by atoms with Crippen LogP contribution in [0.1, 0.15) is 11.1 Å². The quantitative estimate of drug-likeness (QED) is 0.117. The molecule has 0 aliphatic carbocycles. The molecule has 0 atom stereocenters. The zero-order chi connectivity index (χ0) is 29.8. The Balaban J connectivity index is 1.61. The van der Waals surface area contributed by atoms with Gasteiger partial charge in [0, 0.05) is 27.3 Å². The minimum absolute atomic E-state index is 0.0381. The molecular formula is C33H13F4N5S. The number of hydrogen-bond acceptors (Lipinski definition) is 6. The van der Waals surface area contributed by atoms with Crippen LogP contribution in [0.25, 0.3) is 66.2 Å². The minimum atomic E-state index is -1.79. The van der Waals surface area contributed by atoms with E-state index in [0.29, 0.717) is 38.5 Å². The van der Waals surface area contributed by atoms with Crippen molar-refractivity contribution in [3.05, 3.63) is 113 Å². The van der Waals surface area contributed by atoms with Crippen molar-refractivity contribution in [3.8, 4) is 45.6 Å². The highest BCUT2D eigenvalue weighted by atomic mass is 32.1. The molecule has 0 amide bonds. The molecule has 204 valence electrons. The molecule has 0 N–H and O–H groups in total. The Morgan fingerprint density at radius 3 is 2.05 bits per heavy atom. The molecule has 0 fully saturated rings. The molecule has 10 heteroatoms. The van der Waals surface area contributed by atoms with Crippen LogP contribution >= 0.6 is 11.7 Å². The van der Waals surface area contributed by atoms with E-state index < -0.39 is 34.4 Å². The Bertz CT molecular complexity index is 2340. The number of hydrogen-bond donors (Lipinski definition) is 0. The number of halogens is 4. The van der Waals surface area contributed by atoms with Gasteiger partial charge in [0.2, 0.25) is 0 Å². The fraction of sp³-hybridized carbons (Fsp3) is 0. The molecule has 7 aromatic rings. The molecule has 0 saturated heterocycles. The van der Waals surface area contributed by atoms with Gasteiger partial charge in [-0.2, -0.15) is 19.3 Å². The van der Waals surface area contributed by atoms with E-state index in [2.05, 4.69) is 14.8 Å². The zero-order valence-electron chi connectivity index (χ0n) is 21.7. The molecule has 0 aliphatic rings. The number of rotatable bonds is 3. The zero-order valence-corrected chi connectivity index (χ0v) is 22.5. The smallest absolute Gasteiger partial charge is 0.180 e. The van der Waals surface area contributed by atoms with E-state index in [1.54, 1.807) is 18.2 Å². The van der Waals surface area contributed by atoms with Crippen molar-refractivity contribution in [2.24, 2.45) is 0 Å². The predicted molar refractivity (Wildman–Crippen MR) is 156 cm³/mol. The Morgan fingerprint density at radius 2 is 1.33 bits per heavy atom. The summed E-state index contributed by atoms with van der Waals surface area (Å²) in [5, 5.41) is 20.1. The maximum absolute atomic E-state index is 15.3. The standard InChI is InChI=1S/C33H13F4N5S/c34-27-23(15-39)28(35)30(37)26(29(27)36)22-13-21-25(33-32(22)41-43-42-33)20-10-9-19(18-8-4-5-16(11-18)14-38)12-24(20)40-31(21)17-6-2-1-3-7-17/h1-13H. The maximum Gasteiger partial charge on any atom is 0.180 e. The van der Waals surface area contributed by atoms with Crippen LogP contribution in [0.2, 0.25) is 0 Å². The van der Waals surface area contributed by atoms with Crippen LogP contribution < -0.4 is 0 Å². The van der Waals surface area contributed by atoms with Crippen LogP contribution in [-0.2, 0) is 0 Å². The summed E-state index contributed by atoms with van der Waals surface area (Å²) in [4.78, 5) is 4.95. The van der Waals surface area contributed by atoms with Crippen molar-refractivity contribution in [1.82, 2.24) is 13.7 Å². The summed E-state index contributed by atoms with van der Waals surface area (Å²) < 4.78 is 68.8. The summed E-state index contributed by atoms with van der Waals surface area (Å²) in [6.45, 7) is 0. The van der Waals surface area contributed by atoms with E-state index in [4.69, 9.17) is 10.2 Å². The largest absolute Gasteiger partial charge is 0.247 e. The molecule has 0 radical (unpaired) electrons. The molecule has 0 aliphatic heterocycles. The normalized spacial score (nSPS) is 11.2. The number of benzene rings is 5. The first-order chi connectivity index (χ1) is 20.9. The van der Waals surface area contributed by atoms with E-state index in [-0.39, 0.29) is 16.6 Å². The van der Waals surface area contributed by atoms with Gasteiger partial charge >= 0.3 is 0 Å². The number of nitrogens with zero attached hydrogens (tertiary/aromatic N) is 5. The van der Waals surface area contributed by atoms with Crippen LogP contribution in [0.3, 0.4) is 0 Å². The third-order valence-corrected chi connectivity index (χ3v) is 7.84. The first-order valence-corrected chi connectivity index (χ1v) is 13.5. The summed E-state index contributed by atoms with van der Waals surface area (Å²) in [6, 6.07) is 26.6. The Kier molecular flexibility index (Phi) is 6.08. The van der Waals surface area contributed by atoms with Crippen molar-refractivity contribution in [2.45, 2.75) is 0 Å². The summed E-state index contributed by atoms with van der Waals surface area (Å²) in [5.41, 5.74) is 1.59. The third kappa shape index (κ3) is 4.00. The highest BCUT2D eigenvalue weighted by Gasteiger charge is 2.29. The molecule has 0 bridgehead atoms. The molecule has 2 heterocycles. The predicted octanol–water partition coefficient (Wildman–Crippen LogP) is 8.69. The van der Waals surface area contributed by atoms with Gasteiger partial charge < -0.3 is 0 Å². The van der Waals surface area contributed by atoms with Gasteiger partial charge in [0.25, 0.3) is 0 Å². The van der Waals surface area contributed by atoms with Gasteiger partial charge in [0.05, 0.1) is 40.1 Å². The number of nitriles is 2. The molecule has 5 nitrogen and oxygen atoms in total. The van der Waals surface area contributed by atoms with Gasteiger partial charge in [-0.05, 0) is 35.4 Å². The maximum atomic E-state index is 15.3. The van der Waals surface area contributed by atoms with Crippen molar-refractivity contribution in [2.75, 3.05) is 0 Å². The van der Waals surface area contributed by atoms with Crippen molar-refractivity contribution in [1.29, 1.82) is 10.5 Å². The third-order valence-electron chi connectivity index (χ3n) is 7.31. The SMILES string of the molecule is N#Cc1cccc(-c2ccc3c(c2)nc(-c2ccccc2)c2cc(-c4c(F)c(F)c(C#N)c(F)c4F)c4nsnc4c23)c1. The number of aromatic nitrogens is 3. The summed E-state index contributed by atoms with van der Waals surface area (Å²) in [6.07, 6.45) is 0. The van der Waals surface area contributed by atoms with Crippen LogP contribution in [0.4, 0.5) is 17.6 Å². The van der Waals surface area contributed by atoms with Crippen molar-refractivity contribution in [3.63, 3.8) is 0 Å². The van der Waals surface area contributed by atoms with E-state index in [1.165, 1.54) is 12.1 Å². The topological polar surface area (TPSA) is 86.2 Å². The molecule has 0 unspecified atom stereocenters. The lowest BCUT2D eigenvalue weighted by atomic mass is 9.92. The molecule has 7 rings (SSSR count). The first kappa shape index (κ1) is 26.2. The highest BCUT2D eigenvalue weighted by molar-refractivity contribution is 7.00. The molecule has 43 heavy (non-hydrogen) atoms. The van der Waals surface area contributed by atoms with Crippen LogP contribution in [0, 0.1) is 45.9 Å².